The SMILES string of the molecule is CCOc1ccc(N(CC(=O)Nc2ccc(N3CCCCC3)cc2)S(=O)(=O)c2ccc(SC)cc2)cc1. The second kappa shape index (κ2) is 12.4. The van der Waals surface area contributed by atoms with Crippen LogP contribution in [0.1, 0.15) is 26.2 Å². The van der Waals surface area contributed by atoms with Crippen molar-refractivity contribution in [2.75, 3.05) is 47.0 Å². The molecule has 1 heterocycles. The quantitative estimate of drug-likeness (QED) is 0.337. The molecular weight excluding hydrogens is 506 g/mol. The molecule has 37 heavy (non-hydrogen) atoms. The van der Waals surface area contributed by atoms with Gasteiger partial charge in [-0.3, -0.25) is 9.10 Å². The Bertz CT molecular complexity index is 1270. The van der Waals surface area contributed by atoms with Crippen LogP contribution >= 0.6 is 11.8 Å². The van der Waals surface area contributed by atoms with E-state index in [1.807, 2.05) is 37.4 Å². The van der Waals surface area contributed by atoms with E-state index < -0.39 is 15.9 Å². The van der Waals surface area contributed by atoms with Gasteiger partial charge >= 0.3 is 0 Å². The molecule has 0 unspecified atom stereocenters. The van der Waals surface area contributed by atoms with Crippen molar-refractivity contribution in [3.8, 4) is 5.75 Å². The molecule has 3 aromatic rings. The normalized spacial score (nSPS) is 13.7. The van der Waals surface area contributed by atoms with Crippen LogP contribution in [-0.2, 0) is 14.8 Å². The molecule has 3 aromatic carbocycles. The molecule has 0 spiro atoms. The van der Waals surface area contributed by atoms with Gasteiger partial charge < -0.3 is 15.0 Å². The van der Waals surface area contributed by atoms with Gasteiger partial charge in [-0.15, -0.1) is 11.8 Å². The predicted octanol–water partition coefficient (Wildman–Crippen LogP) is 5.63. The summed E-state index contributed by atoms with van der Waals surface area (Å²) >= 11 is 1.53. The van der Waals surface area contributed by atoms with Crippen molar-refractivity contribution < 1.29 is 17.9 Å². The number of thioether (sulfide) groups is 1. The van der Waals surface area contributed by atoms with Crippen LogP contribution in [0.4, 0.5) is 17.1 Å². The Morgan fingerprint density at radius 3 is 2.19 bits per heavy atom. The van der Waals surface area contributed by atoms with Crippen LogP contribution in [0.3, 0.4) is 0 Å². The monoisotopic (exact) mass is 539 g/mol. The highest BCUT2D eigenvalue weighted by Gasteiger charge is 2.27. The maximum atomic E-state index is 13.7. The number of hydrogen-bond acceptors (Lipinski definition) is 6. The van der Waals surface area contributed by atoms with Gasteiger partial charge in [0.15, 0.2) is 0 Å². The number of piperidine rings is 1. The van der Waals surface area contributed by atoms with Gasteiger partial charge in [0, 0.05) is 29.4 Å². The minimum atomic E-state index is -4.00. The zero-order valence-corrected chi connectivity index (χ0v) is 22.9. The molecule has 1 aliphatic rings. The van der Waals surface area contributed by atoms with Crippen molar-refractivity contribution in [3.63, 3.8) is 0 Å². The van der Waals surface area contributed by atoms with Crippen molar-refractivity contribution in [1.29, 1.82) is 0 Å². The standard InChI is InChI=1S/C28H33N3O4S2/c1-3-35-25-13-11-24(12-14-25)31(37(33,34)27-17-15-26(36-2)16-18-27)21-28(32)29-22-7-9-23(10-8-22)30-19-5-4-6-20-30/h7-18H,3-6,19-21H2,1-2H3,(H,29,32). The summed E-state index contributed by atoms with van der Waals surface area (Å²) in [5.74, 6) is 0.204. The highest BCUT2D eigenvalue weighted by molar-refractivity contribution is 7.98. The van der Waals surface area contributed by atoms with E-state index in [4.69, 9.17) is 4.74 Å². The largest absolute Gasteiger partial charge is 0.494 e. The van der Waals surface area contributed by atoms with Crippen LogP contribution in [0.2, 0.25) is 0 Å². The lowest BCUT2D eigenvalue weighted by Crippen LogP contribution is -2.38. The molecule has 0 radical (unpaired) electrons. The van der Waals surface area contributed by atoms with Gasteiger partial charge in [0.05, 0.1) is 17.2 Å². The Kier molecular flexibility index (Phi) is 9.00. The topological polar surface area (TPSA) is 79.0 Å². The third-order valence-corrected chi connectivity index (χ3v) is 8.77. The Morgan fingerprint density at radius 2 is 1.59 bits per heavy atom. The number of benzene rings is 3. The van der Waals surface area contributed by atoms with Crippen LogP contribution in [0.5, 0.6) is 5.75 Å². The number of hydrogen-bond donors (Lipinski definition) is 1. The summed E-state index contributed by atoms with van der Waals surface area (Å²) in [5.41, 5.74) is 2.14. The molecule has 0 bridgehead atoms. The molecular formula is C28H33N3O4S2. The maximum absolute atomic E-state index is 13.7. The van der Waals surface area contributed by atoms with Crippen molar-refractivity contribution in [3.05, 3.63) is 72.8 Å². The number of amides is 1. The van der Waals surface area contributed by atoms with Crippen LogP contribution in [0, 0.1) is 0 Å². The highest BCUT2D eigenvalue weighted by atomic mass is 32.2. The van der Waals surface area contributed by atoms with Gasteiger partial charge in [-0.1, -0.05) is 0 Å². The number of nitrogens with one attached hydrogen (secondary N) is 1. The molecule has 1 fully saturated rings. The van der Waals surface area contributed by atoms with Crippen molar-refractivity contribution in [2.24, 2.45) is 0 Å². The van der Waals surface area contributed by atoms with Crippen LogP contribution < -0.4 is 19.3 Å². The maximum Gasteiger partial charge on any atom is 0.264 e. The zero-order valence-electron chi connectivity index (χ0n) is 21.2. The van der Waals surface area contributed by atoms with Crippen molar-refractivity contribution in [2.45, 2.75) is 36.0 Å². The fourth-order valence-corrected chi connectivity index (χ4v) is 6.13. The average molecular weight is 540 g/mol. The number of carbonyl (C=O) groups excluding carboxylic acids is 1. The lowest BCUT2D eigenvalue weighted by atomic mass is 10.1. The van der Waals surface area contributed by atoms with Gasteiger partial charge in [-0.2, -0.15) is 0 Å². The van der Waals surface area contributed by atoms with Crippen LogP contribution in [0.25, 0.3) is 0 Å². The summed E-state index contributed by atoms with van der Waals surface area (Å²) in [6.07, 6.45) is 5.57. The first-order valence-corrected chi connectivity index (χ1v) is 15.1. The van der Waals surface area contributed by atoms with E-state index in [1.165, 1.54) is 31.0 Å². The highest BCUT2D eigenvalue weighted by Crippen LogP contribution is 2.28. The minimum absolute atomic E-state index is 0.123. The summed E-state index contributed by atoms with van der Waals surface area (Å²) in [6.45, 7) is 4.10. The second-order valence-corrected chi connectivity index (χ2v) is 11.5. The van der Waals surface area contributed by atoms with E-state index in [1.54, 1.807) is 48.5 Å². The minimum Gasteiger partial charge on any atom is -0.494 e. The lowest BCUT2D eigenvalue weighted by molar-refractivity contribution is -0.114. The second-order valence-electron chi connectivity index (χ2n) is 8.76. The summed E-state index contributed by atoms with van der Waals surface area (Å²) < 4.78 is 33.9. The van der Waals surface area contributed by atoms with Crippen LogP contribution in [0.15, 0.2) is 82.6 Å². The number of anilines is 3. The molecule has 0 atom stereocenters. The van der Waals surface area contributed by atoms with Crippen molar-refractivity contribution in [1.82, 2.24) is 0 Å². The Morgan fingerprint density at radius 1 is 0.946 bits per heavy atom. The number of sulfonamides is 1. The van der Waals surface area contributed by atoms with E-state index in [9.17, 15) is 13.2 Å². The third-order valence-electron chi connectivity index (χ3n) is 6.24. The zero-order chi connectivity index (χ0) is 26.3. The molecule has 4 rings (SSSR count). The van der Waals surface area contributed by atoms with Crippen molar-refractivity contribution >= 4 is 44.8 Å². The number of ether oxygens (including phenoxy) is 1. The van der Waals surface area contributed by atoms with E-state index in [0.717, 1.165) is 28.0 Å². The van der Waals surface area contributed by atoms with Gasteiger partial charge in [0.2, 0.25) is 5.91 Å². The number of nitrogens with zero attached hydrogens (tertiary/aromatic N) is 2. The van der Waals surface area contributed by atoms with E-state index in [-0.39, 0.29) is 11.4 Å². The van der Waals surface area contributed by atoms with Gasteiger partial charge in [-0.25, -0.2) is 8.42 Å². The molecule has 1 aliphatic heterocycles. The Hall–Kier alpha value is -3.17. The summed E-state index contributed by atoms with van der Waals surface area (Å²) in [6, 6.07) is 21.1. The van der Waals surface area contributed by atoms with Gasteiger partial charge in [0.1, 0.15) is 12.3 Å². The van der Waals surface area contributed by atoms with E-state index in [2.05, 4.69) is 10.2 Å². The average Bonchev–Trinajstić information content (AvgIpc) is 2.93. The van der Waals surface area contributed by atoms with Gasteiger partial charge in [-0.05, 0) is 105 Å². The predicted molar refractivity (Wildman–Crippen MR) is 152 cm³/mol. The lowest BCUT2D eigenvalue weighted by Gasteiger charge is -2.29. The van der Waals surface area contributed by atoms with E-state index in [0.29, 0.717) is 23.7 Å². The fraction of sp³-hybridized carbons (Fsp3) is 0.321. The first-order chi connectivity index (χ1) is 17.9. The van der Waals surface area contributed by atoms with Gasteiger partial charge in [0.25, 0.3) is 10.0 Å². The molecule has 9 heteroatoms. The molecule has 196 valence electrons. The number of rotatable bonds is 10. The van der Waals surface area contributed by atoms with E-state index >= 15 is 0 Å². The first-order valence-electron chi connectivity index (χ1n) is 12.4. The summed E-state index contributed by atoms with van der Waals surface area (Å²) in [4.78, 5) is 16.5. The smallest absolute Gasteiger partial charge is 0.264 e. The van der Waals surface area contributed by atoms with Crippen LogP contribution in [-0.4, -0.2) is 46.8 Å². The fourth-order valence-electron chi connectivity index (χ4n) is 4.30. The molecule has 0 saturated carbocycles. The third kappa shape index (κ3) is 6.78. The molecule has 0 aromatic heterocycles. The molecule has 7 nitrogen and oxygen atoms in total. The molecule has 1 amide bonds. The number of carbonyl (C=O) groups is 1. The molecule has 1 saturated heterocycles. The molecule has 1 N–H and O–H groups in total. The summed E-state index contributed by atoms with van der Waals surface area (Å²) in [7, 11) is -4.00. The Labute approximate surface area is 223 Å². The molecule has 0 aliphatic carbocycles. The first kappa shape index (κ1) is 26.9. The Balaban J connectivity index is 1.54. The summed E-state index contributed by atoms with van der Waals surface area (Å²) in [5, 5.41) is 2.85.